The lowest BCUT2D eigenvalue weighted by Gasteiger charge is -2.27. The van der Waals surface area contributed by atoms with Gasteiger partial charge in [-0.25, -0.2) is 0 Å². The van der Waals surface area contributed by atoms with Crippen LogP contribution < -0.4 is 4.74 Å². The van der Waals surface area contributed by atoms with Crippen LogP contribution in [0.3, 0.4) is 0 Å². The first-order valence-corrected chi connectivity index (χ1v) is 9.45. The van der Waals surface area contributed by atoms with Gasteiger partial charge in [0, 0.05) is 26.2 Å². The van der Waals surface area contributed by atoms with Crippen molar-refractivity contribution in [1.29, 1.82) is 0 Å². The molecular weight excluding hydrogens is 326 g/mol. The van der Waals surface area contributed by atoms with Crippen LogP contribution in [-0.4, -0.2) is 48.5 Å². The van der Waals surface area contributed by atoms with Gasteiger partial charge >= 0.3 is 0 Å². The molecule has 0 aromatic heterocycles. The monoisotopic (exact) mass is 355 g/mol. The van der Waals surface area contributed by atoms with E-state index in [4.69, 9.17) is 9.47 Å². The number of benzene rings is 2. The van der Waals surface area contributed by atoms with Gasteiger partial charge in [-0.2, -0.15) is 0 Å². The maximum Gasteiger partial charge on any atom is 0.122 e. The van der Waals surface area contributed by atoms with E-state index in [-0.39, 0.29) is 6.10 Å². The van der Waals surface area contributed by atoms with E-state index in [9.17, 15) is 5.11 Å². The van der Waals surface area contributed by atoms with Gasteiger partial charge in [0.1, 0.15) is 18.5 Å². The minimum atomic E-state index is -0.542. The molecule has 2 aromatic rings. The van der Waals surface area contributed by atoms with Crippen molar-refractivity contribution >= 4 is 0 Å². The highest BCUT2D eigenvalue weighted by molar-refractivity contribution is 5.31. The summed E-state index contributed by atoms with van der Waals surface area (Å²) in [5.74, 6) is 0.834. The normalized spacial score (nSPS) is 18.2. The summed E-state index contributed by atoms with van der Waals surface area (Å²) in [6.07, 6.45) is 1.95. The van der Waals surface area contributed by atoms with Crippen LogP contribution in [0.1, 0.15) is 24.0 Å². The van der Waals surface area contributed by atoms with Gasteiger partial charge in [-0.15, -0.1) is 0 Å². The number of aliphatic hydroxyl groups is 1. The number of ether oxygens (including phenoxy) is 2. The lowest BCUT2D eigenvalue weighted by atomic mass is 10.1. The number of aliphatic hydroxyl groups excluding tert-OH is 1. The molecule has 1 N–H and O–H groups in total. The first-order chi connectivity index (χ1) is 12.7. The second-order valence-corrected chi connectivity index (χ2v) is 7.05. The van der Waals surface area contributed by atoms with E-state index in [1.54, 1.807) is 0 Å². The molecule has 140 valence electrons. The van der Waals surface area contributed by atoms with E-state index in [1.165, 1.54) is 5.56 Å². The predicted octanol–water partition coefficient (Wildman–Crippen LogP) is 3.42. The smallest absolute Gasteiger partial charge is 0.122 e. The molecule has 2 aromatic carbocycles. The average molecular weight is 355 g/mol. The van der Waals surface area contributed by atoms with Gasteiger partial charge in [-0.1, -0.05) is 48.5 Å². The Morgan fingerprint density at radius 3 is 2.65 bits per heavy atom. The van der Waals surface area contributed by atoms with E-state index in [0.29, 0.717) is 13.2 Å². The minimum Gasteiger partial charge on any atom is -0.491 e. The van der Waals surface area contributed by atoms with Gasteiger partial charge in [0.15, 0.2) is 0 Å². The summed E-state index contributed by atoms with van der Waals surface area (Å²) in [6, 6.07) is 18.3. The van der Waals surface area contributed by atoms with Gasteiger partial charge in [0.25, 0.3) is 0 Å². The summed E-state index contributed by atoms with van der Waals surface area (Å²) in [5.41, 5.74) is 2.33. The molecule has 0 aliphatic carbocycles. The summed E-state index contributed by atoms with van der Waals surface area (Å²) in [4.78, 5) is 2.27. The third kappa shape index (κ3) is 5.84. The Labute approximate surface area is 156 Å². The van der Waals surface area contributed by atoms with Crippen LogP contribution in [-0.2, 0) is 11.3 Å². The molecule has 1 heterocycles. The number of hydrogen-bond acceptors (Lipinski definition) is 4. The molecule has 1 fully saturated rings. The van der Waals surface area contributed by atoms with Crippen molar-refractivity contribution in [3.63, 3.8) is 0 Å². The predicted molar refractivity (Wildman–Crippen MR) is 103 cm³/mol. The molecule has 1 aliphatic heterocycles. The van der Waals surface area contributed by atoms with Crippen molar-refractivity contribution in [2.24, 2.45) is 0 Å². The molecule has 0 saturated carbocycles. The van der Waals surface area contributed by atoms with E-state index < -0.39 is 6.10 Å². The average Bonchev–Trinajstić information content (AvgIpc) is 3.15. The third-order valence-electron chi connectivity index (χ3n) is 4.73. The van der Waals surface area contributed by atoms with Gasteiger partial charge in [0.2, 0.25) is 0 Å². The topological polar surface area (TPSA) is 41.9 Å². The second kappa shape index (κ2) is 9.72. The van der Waals surface area contributed by atoms with Gasteiger partial charge in [0.05, 0.1) is 6.10 Å². The number of rotatable bonds is 9. The molecule has 2 atom stereocenters. The SMILES string of the molecule is Cc1ccccc1OCC(O)CN(Cc1ccccc1)CC1CCCO1. The second-order valence-electron chi connectivity index (χ2n) is 7.05. The molecule has 0 spiro atoms. The van der Waals surface area contributed by atoms with Crippen molar-refractivity contribution in [1.82, 2.24) is 4.90 Å². The first-order valence-electron chi connectivity index (χ1n) is 9.45. The molecule has 2 unspecified atom stereocenters. The quantitative estimate of drug-likeness (QED) is 0.748. The molecule has 3 rings (SSSR count). The summed E-state index contributed by atoms with van der Waals surface area (Å²) in [6.45, 7) is 5.38. The van der Waals surface area contributed by atoms with Crippen LogP contribution in [0.5, 0.6) is 5.75 Å². The van der Waals surface area contributed by atoms with Crippen molar-refractivity contribution in [3.8, 4) is 5.75 Å². The fraction of sp³-hybridized carbons (Fsp3) is 0.455. The Balaban J connectivity index is 1.55. The fourth-order valence-corrected chi connectivity index (χ4v) is 3.38. The highest BCUT2D eigenvalue weighted by Gasteiger charge is 2.21. The third-order valence-corrected chi connectivity index (χ3v) is 4.73. The molecular formula is C22H29NO3. The standard InChI is InChI=1S/C22H29NO3/c1-18-8-5-6-12-22(18)26-17-20(24)15-23(16-21-11-7-13-25-21)14-19-9-3-2-4-10-19/h2-6,8-10,12,20-21,24H,7,11,13-17H2,1H3. The first kappa shape index (κ1) is 18.9. The molecule has 0 bridgehead atoms. The lowest BCUT2D eigenvalue weighted by Crippen LogP contribution is -2.39. The largest absolute Gasteiger partial charge is 0.491 e. The molecule has 0 amide bonds. The van der Waals surface area contributed by atoms with E-state index >= 15 is 0 Å². The Morgan fingerprint density at radius 1 is 1.15 bits per heavy atom. The number of aryl methyl sites for hydroxylation is 1. The Morgan fingerprint density at radius 2 is 1.92 bits per heavy atom. The van der Waals surface area contributed by atoms with Crippen LogP contribution in [0.2, 0.25) is 0 Å². The number of para-hydroxylation sites is 1. The number of nitrogens with zero attached hydrogens (tertiary/aromatic N) is 1. The lowest BCUT2D eigenvalue weighted by molar-refractivity contribution is 0.0313. The molecule has 1 aliphatic rings. The van der Waals surface area contributed by atoms with Gasteiger partial charge < -0.3 is 14.6 Å². The summed E-state index contributed by atoms with van der Waals surface area (Å²) < 4.78 is 11.6. The summed E-state index contributed by atoms with van der Waals surface area (Å²) in [5, 5.41) is 10.5. The maximum absolute atomic E-state index is 10.5. The van der Waals surface area contributed by atoms with E-state index in [1.807, 2.05) is 37.3 Å². The van der Waals surface area contributed by atoms with Crippen molar-refractivity contribution in [3.05, 3.63) is 65.7 Å². The zero-order valence-corrected chi connectivity index (χ0v) is 15.5. The Bertz CT molecular complexity index is 655. The minimum absolute atomic E-state index is 0.267. The van der Waals surface area contributed by atoms with E-state index in [0.717, 1.165) is 43.9 Å². The zero-order valence-electron chi connectivity index (χ0n) is 15.5. The highest BCUT2D eigenvalue weighted by Crippen LogP contribution is 2.18. The van der Waals surface area contributed by atoms with Crippen LogP contribution >= 0.6 is 0 Å². The summed E-state index contributed by atoms with van der Waals surface area (Å²) >= 11 is 0. The van der Waals surface area contributed by atoms with Crippen molar-refractivity contribution in [2.75, 3.05) is 26.3 Å². The van der Waals surface area contributed by atoms with Gasteiger partial charge in [-0.3, -0.25) is 4.90 Å². The molecule has 0 radical (unpaired) electrons. The molecule has 4 nitrogen and oxygen atoms in total. The van der Waals surface area contributed by atoms with Crippen molar-refractivity contribution in [2.45, 2.75) is 38.5 Å². The van der Waals surface area contributed by atoms with Crippen LogP contribution in [0, 0.1) is 6.92 Å². The fourth-order valence-electron chi connectivity index (χ4n) is 3.38. The molecule has 4 heteroatoms. The van der Waals surface area contributed by atoms with E-state index in [2.05, 4.69) is 29.2 Å². The maximum atomic E-state index is 10.5. The summed E-state index contributed by atoms with van der Waals surface area (Å²) in [7, 11) is 0. The van der Waals surface area contributed by atoms with Gasteiger partial charge in [-0.05, 0) is 37.0 Å². The van der Waals surface area contributed by atoms with Crippen LogP contribution in [0.4, 0.5) is 0 Å². The van der Waals surface area contributed by atoms with Crippen molar-refractivity contribution < 1.29 is 14.6 Å². The van der Waals surface area contributed by atoms with Crippen LogP contribution in [0.15, 0.2) is 54.6 Å². The Hall–Kier alpha value is -1.88. The van der Waals surface area contributed by atoms with Crippen LogP contribution in [0.25, 0.3) is 0 Å². The molecule has 1 saturated heterocycles. The highest BCUT2D eigenvalue weighted by atomic mass is 16.5. The zero-order chi connectivity index (χ0) is 18.2. The number of hydrogen-bond donors (Lipinski definition) is 1. The Kier molecular flexibility index (Phi) is 7.06. The molecule has 26 heavy (non-hydrogen) atoms.